The van der Waals surface area contributed by atoms with Gasteiger partial charge in [-0.25, -0.2) is 17.2 Å². The van der Waals surface area contributed by atoms with Crippen LogP contribution in [-0.4, -0.2) is 78.3 Å². The van der Waals surface area contributed by atoms with Crippen LogP contribution in [0.2, 0.25) is 0 Å². The Kier molecular flexibility index (Phi) is 8.78. The fourth-order valence-electron chi connectivity index (χ4n) is 5.15. The zero-order valence-electron chi connectivity index (χ0n) is 25.2. The normalized spacial score (nSPS) is 14.6. The lowest BCUT2D eigenvalue weighted by Crippen LogP contribution is -2.45. The summed E-state index contributed by atoms with van der Waals surface area (Å²) in [5, 5.41) is 16.0. The third-order valence-electron chi connectivity index (χ3n) is 7.40. The summed E-state index contributed by atoms with van der Waals surface area (Å²) in [7, 11) is -0.425. The highest BCUT2D eigenvalue weighted by molar-refractivity contribution is 7.89. The van der Waals surface area contributed by atoms with Crippen LogP contribution in [0.15, 0.2) is 59.6 Å². The molecule has 2 aromatic carbocycles. The summed E-state index contributed by atoms with van der Waals surface area (Å²) in [6.07, 6.45) is 1.61. The van der Waals surface area contributed by atoms with E-state index in [-0.39, 0.29) is 30.2 Å². The van der Waals surface area contributed by atoms with Gasteiger partial charge in [0.2, 0.25) is 10.0 Å². The second-order valence-corrected chi connectivity index (χ2v) is 13.6. The Bertz CT molecular complexity index is 1820. The van der Waals surface area contributed by atoms with Crippen LogP contribution >= 0.6 is 0 Å². The van der Waals surface area contributed by atoms with Gasteiger partial charge in [0.25, 0.3) is 11.8 Å². The van der Waals surface area contributed by atoms with Crippen molar-refractivity contribution in [2.45, 2.75) is 30.7 Å². The molecule has 45 heavy (non-hydrogen) atoms. The first-order chi connectivity index (χ1) is 21.2. The maximum Gasteiger partial charge on any atom is 0.272 e. The molecule has 0 saturated carbocycles. The minimum atomic E-state index is -4.32. The van der Waals surface area contributed by atoms with Crippen molar-refractivity contribution in [1.82, 2.24) is 24.4 Å². The van der Waals surface area contributed by atoms with Crippen LogP contribution in [0, 0.1) is 11.6 Å². The first-order valence-corrected chi connectivity index (χ1v) is 15.5. The average Bonchev–Trinajstić information content (AvgIpc) is 3.63. The third kappa shape index (κ3) is 6.90. The van der Waals surface area contributed by atoms with Crippen LogP contribution < -0.4 is 16.0 Å². The van der Waals surface area contributed by atoms with Crippen molar-refractivity contribution in [2.75, 3.05) is 49.7 Å². The van der Waals surface area contributed by atoms with Gasteiger partial charge in [0.1, 0.15) is 17.3 Å². The topological polar surface area (TPSA) is 155 Å². The van der Waals surface area contributed by atoms with Crippen LogP contribution in [0.25, 0.3) is 0 Å². The molecule has 12 nitrogen and oxygen atoms in total. The molecule has 0 radical (unpaired) electrons. The van der Waals surface area contributed by atoms with Gasteiger partial charge in [-0.1, -0.05) is 13.8 Å². The maximum absolute atomic E-state index is 13.9. The molecule has 0 aliphatic carbocycles. The van der Waals surface area contributed by atoms with Gasteiger partial charge in [-0.3, -0.25) is 14.7 Å². The SMILES string of the molecule is CN(C)CCNc1ccc(C(=O)Nc2n[nH]c3c2CN(S(=O)(=O)c2cc(F)cc(F)c2)CC3(C)C)c(NC(=O)c2ccc[nH]2)c1. The van der Waals surface area contributed by atoms with Gasteiger partial charge in [0.15, 0.2) is 5.82 Å². The van der Waals surface area contributed by atoms with Gasteiger partial charge in [0, 0.05) is 60.8 Å². The number of benzene rings is 2. The van der Waals surface area contributed by atoms with E-state index >= 15 is 0 Å². The van der Waals surface area contributed by atoms with Crippen molar-refractivity contribution >= 4 is 39.0 Å². The Labute approximate surface area is 259 Å². The molecule has 1 aliphatic heterocycles. The van der Waals surface area contributed by atoms with Crippen LogP contribution in [-0.2, 0) is 22.0 Å². The van der Waals surface area contributed by atoms with Gasteiger partial charge in [-0.15, -0.1) is 0 Å². The number of halogens is 2. The second kappa shape index (κ2) is 12.4. The summed E-state index contributed by atoms with van der Waals surface area (Å²) < 4.78 is 55.9. The van der Waals surface area contributed by atoms with Gasteiger partial charge in [-0.2, -0.15) is 9.40 Å². The number of hydrogen-bond donors (Lipinski definition) is 5. The number of amides is 2. The molecule has 0 spiro atoms. The predicted octanol–water partition coefficient (Wildman–Crippen LogP) is 3.98. The Morgan fingerprint density at radius 2 is 1.78 bits per heavy atom. The van der Waals surface area contributed by atoms with Crippen molar-refractivity contribution in [2.24, 2.45) is 0 Å². The maximum atomic E-state index is 13.9. The Morgan fingerprint density at radius 3 is 2.44 bits per heavy atom. The van der Waals surface area contributed by atoms with E-state index < -0.39 is 43.8 Å². The molecule has 0 bridgehead atoms. The molecular formula is C30H34F2N8O4S. The summed E-state index contributed by atoms with van der Waals surface area (Å²) in [6.45, 7) is 4.75. The van der Waals surface area contributed by atoms with E-state index in [1.54, 1.807) is 50.4 Å². The standard InChI is InChI=1S/C30H34F2N8O4S/c1-30(2)17-40(45(43,44)21-13-18(31)12-19(32)14-21)16-23-26(30)37-38-27(23)36-28(41)22-8-7-20(33-10-11-39(3)4)15-25(22)35-29(42)24-6-5-9-34-24/h5-9,12-15,33-34H,10-11,16-17H2,1-4H3,(H,35,42)(H2,36,37,38,41). The van der Waals surface area contributed by atoms with Crippen molar-refractivity contribution < 1.29 is 26.8 Å². The van der Waals surface area contributed by atoms with E-state index in [0.717, 1.165) is 23.0 Å². The Balaban J connectivity index is 1.44. The predicted molar refractivity (Wildman–Crippen MR) is 166 cm³/mol. The summed E-state index contributed by atoms with van der Waals surface area (Å²) in [4.78, 5) is 30.9. The molecule has 5 rings (SSSR count). The quantitative estimate of drug-likeness (QED) is 0.176. The van der Waals surface area contributed by atoms with Gasteiger partial charge in [-0.05, 0) is 56.6 Å². The molecule has 0 unspecified atom stereocenters. The number of hydrogen-bond acceptors (Lipinski definition) is 7. The number of fused-ring (bicyclic) bond motifs is 1. The van der Waals surface area contributed by atoms with Crippen LogP contribution in [0.4, 0.5) is 26.0 Å². The molecule has 5 N–H and O–H groups in total. The van der Waals surface area contributed by atoms with E-state index in [2.05, 4.69) is 31.1 Å². The number of likely N-dealkylation sites (N-methyl/N-ethyl adjacent to an activating group) is 1. The minimum absolute atomic E-state index is 0.00669. The number of carbonyl (C=O) groups excluding carboxylic acids is 2. The lowest BCUT2D eigenvalue weighted by Gasteiger charge is -2.36. The number of anilines is 3. The highest BCUT2D eigenvalue weighted by atomic mass is 32.2. The van der Waals surface area contributed by atoms with Crippen molar-refractivity contribution in [3.8, 4) is 0 Å². The number of aromatic amines is 2. The highest BCUT2D eigenvalue weighted by Gasteiger charge is 2.41. The van der Waals surface area contributed by atoms with E-state index in [4.69, 9.17) is 0 Å². The molecule has 0 atom stereocenters. The van der Waals surface area contributed by atoms with Crippen LogP contribution in [0.5, 0.6) is 0 Å². The average molecular weight is 641 g/mol. The monoisotopic (exact) mass is 640 g/mol. The molecule has 0 saturated heterocycles. The fourth-order valence-corrected chi connectivity index (χ4v) is 6.76. The van der Waals surface area contributed by atoms with Crippen molar-refractivity contribution in [3.63, 3.8) is 0 Å². The van der Waals surface area contributed by atoms with E-state index in [9.17, 15) is 26.8 Å². The van der Waals surface area contributed by atoms with E-state index in [1.807, 2.05) is 19.0 Å². The number of nitrogens with one attached hydrogen (secondary N) is 5. The fraction of sp³-hybridized carbons (Fsp3) is 0.300. The second-order valence-electron chi connectivity index (χ2n) is 11.7. The lowest BCUT2D eigenvalue weighted by molar-refractivity contribution is 0.102. The molecular weight excluding hydrogens is 606 g/mol. The molecule has 2 aromatic heterocycles. The minimum Gasteiger partial charge on any atom is -0.384 e. The summed E-state index contributed by atoms with van der Waals surface area (Å²) in [6, 6.07) is 10.3. The van der Waals surface area contributed by atoms with Gasteiger partial charge >= 0.3 is 0 Å². The molecule has 1 aliphatic rings. The first kappa shape index (κ1) is 31.8. The number of nitrogens with zero attached hydrogens (tertiary/aromatic N) is 3. The van der Waals surface area contributed by atoms with Crippen LogP contribution in [0.3, 0.4) is 0 Å². The number of carbonyl (C=O) groups is 2. The molecule has 15 heteroatoms. The number of rotatable bonds is 10. The Morgan fingerprint density at radius 1 is 1.04 bits per heavy atom. The summed E-state index contributed by atoms with van der Waals surface area (Å²) >= 11 is 0. The molecule has 2 amide bonds. The molecule has 0 fully saturated rings. The van der Waals surface area contributed by atoms with Crippen LogP contribution in [0.1, 0.15) is 46.0 Å². The summed E-state index contributed by atoms with van der Waals surface area (Å²) in [5.41, 5.74) is 1.58. The third-order valence-corrected chi connectivity index (χ3v) is 9.17. The lowest BCUT2D eigenvalue weighted by atomic mass is 9.84. The summed E-state index contributed by atoms with van der Waals surface area (Å²) in [5.74, 6) is -2.99. The zero-order chi connectivity index (χ0) is 32.5. The molecule has 3 heterocycles. The number of aromatic nitrogens is 3. The molecule has 4 aromatic rings. The largest absolute Gasteiger partial charge is 0.384 e. The van der Waals surface area contributed by atoms with Gasteiger partial charge in [0.05, 0.1) is 16.1 Å². The van der Waals surface area contributed by atoms with Gasteiger partial charge < -0.3 is 25.8 Å². The highest BCUT2D eigenvalue weighted by Crippen LogP contribution is 2.38. The van der Waals surface area contributed by atoms with Crippen molar-refractivity contribution in [1.29, 1.82) is 0 Å². The molecule has 238 valence electrons. The smallest absolute Gasteiger partial charge is 0.272 e. The van der Waals surface area contributed by atoms with Crippen molar-refractivity contribution in [3.05, 3.63) is 88.9 Å². The number of sulfonamides is 1. The zero-order valence-corrected chi connectivity index (χ0v) is 26.0. The Hall–Kier alpha value is -4.60. The number of H-pyrrole nitrogens is 2. The first-order valence-electron chi connectivity index (χ1n) is 14.1. The van der Waals surface area contributed by atoms with E-state index in [0.29, 0.717) is 35.2 Å². The van der Waals surface area contributed by atoms with E-state index in [1.165, 1.54) is 0 Å².